The molecule has 1 aromatic carbocycles. The van der Waals surface area contributed by atoms with Gasteiger partial charge in [0.25, 0.3) is 0 Å². The first kappa shape index (κ1) is 15.1. The Kier molecular flexibility index (Phi) is 5.01. The second-order valence-electron chi connectivity index (χ2n) is 3.88. The Morgan fingerprint density at radius 2 is 2.05 bits per heavy atom. The standard InChI is InChI=1S/C12H12FNO4S/c13-11-5-4-9(8-10(11)12(15)16)19(17,18)7-3-1-2-6-14/h4-5,8H,1-3,7H2,(H,15,16). The molecule has 0 saturated carbocycles. The summed E-state index contributed by atoms with van der Waals surface area (Å²) < 4.78 is 36.9. The monoisotopic (exact) mass is 285 g/mol. The van der Waals surface area contributed by atoms with E-state index in [9.17, 15) is 17.6 Å². The second-order valence-corrected chi connectivity index (χ2v) is 5.99. The largest absolute Gasteiger partial charge is 0.478 e. The van der Waals surface area contributed by atoms with E-state index in [0.29, 0.717) is 12.8 Å². The molecule has 1 rings (SSSR count). The summed E-state index contributed by atoms with van der Waals surface area (Å²) >= 11 is 0. The zero-order valence-corrected chi connectivity index (χ0v) is 10.8. The number of nitrogens with zero attached hydrogens (tertiary/aromatic N) is 1. The van der Waals surface area contributed by atoms with Gasteiger partial charge in [0.05, 0.1) is 22.3 Å². The minimum Gasteiger partial charge on any atom is -0.478 e. The van der Waals surface area contributed by atoms with Crippen molar-refractivity contribution in [3.63, 3.8) is 0 Å². The van der Waals surface area contributed by atoms with Gasteiger partial charge in [-0.25, -0.2) is 17.6 Å². The van der Waals surface area contributed by atoms with Gasteiger partial charge >= 0.3 is 5.97 Å². The van der Waals surface area contributed by atoms with Crippen LogP contribution >= 0.6 is 0 Å². The molecular weight excluding hydrogens is 273 g/mol. The molecule has 1 aromatic rings. The fraction of sp³-hybridized carbons (Fsp3) is 0.333. The highest BCUT2D eigenvalue weighted by Crippen LogP contribution is 2.17. The van der Waals surface area contributed by atoms with Crippen LogP contribution in [0, 0.1) is 17.1 Å². The first-order valence-electron chi connectivity index (χ1n) is 5.51. The Morgan fingerprint density at radius 3 is 2.63 bits per heavy atom. The highest BCUT2D eigenvalue weighted by molar-refractivity contribution is 7.91. The number of hydrogen-bond acceptors (Lipinski definition) is 4. The maximum absolute atomic E-state index is 13.1. The van der Waals surface area contributed by atoms with Gasteiger partial charge in [-0.1, -0.05) is 0 Å². The lowest BCUT2D eigenvalue weighted by atomic mass is 10.2. The number of nitriles is 1. The normalized spacial score (nSPS) is 10.9. The predicted octanol–water partition coefficient (Wildman–Crippen LogP) is 1.99. The van der Waals surface area contributed by atoms with Crippen LogP contribution in [-0.2, 0) is 9.84 Å². The average molecular weight is 285 g/mol. The molecule has 0 atom stereocenters. The number of sulfone groups is 1. The summed E-state index contributed by atoms with van der Waals surface area (Å²) in [5.41, 5.74) is -0.668. The summed E-state index contributed by atoms with van der Waals surface area (Å²) in [7, 11) is -3.65. The van der Waals surface area contributed by atoms with Crippen LogP contribution in [0.15, 0.2) is 23.1 Å². The summed E-state index contributed by atoms with van der Waals surface area (Å²) in [6.07, 6.45) is 1.01. The van der Waals surface area contributed by atoms with Crippen LogP contribution in [0.5, 0.6) is 0 Å². The molecule has 5 nitrogen and oxygen atoms in total. The highest BCUT2D eigenvalue weighted by Gasteiger charge is 2.18. The number of aromatic carboxylic acids is 1. The molecular formula is C12H12FNO4S. The molecule has 0 aliphatic rings. The minimum atomic E-state index is -3.65. The molecule has 19 heavy (non-hydrogen) atoms. The van der Waals surface area contributed by atoms with Gasteiger partial charge in [-0.3, -0.25) is 0 Å². The van der Waals surface area contributed by atoms with Gasteiger partial charge in [0, 0.05) is 6.42 Å². The van der Waals surface area contributed by atoms with Crippen molar-refractivity contribution < 1.29 is 22.7 Å². The van der Waals surface area contributed by atoms with E-state index in [-0.39, 0.29) is 17.1 Å². The van der Waals surface area contributed by atoms with Gasteiger partial charge in [-0.2, -0.15) is 5.26 Å². The van der Waals surface area contributed by atoms with E-state index >= 15 is 0 Å². The Balaban J connectivity index is 2.93. The summed E-state index contributed by atoms with van der Waals surface area (Å²) in [5.74, 6) is -2.69. The molecule has 0 aromatic heterocycles. The van der Waals surface area contributed by atoms with Crippen molar-refractivity contribution in [2.45, 2.75) is 24.2 Å². The third-order valence-corrected chi connectivity index (χ3v) is 4.28. The zero-order valence-electron chi connectivity index (χ0n) is 9.97. The first-order chi connectivity index (χ1) is 8.88. The molecule has 0 bridgehead atoms. The lowest BCUT2D eigenvalue weighted by molar-refractivity contribution is 0.0691. The number of hydrogen-bond donors (Lipinski definition) is 1. The van der Waals surface area contributed by atoms with Gasteiger partial charge in [0.1, 0.15) is 5.82 Å². The number of carboxylic acid groups (broad SMARTS) is 1. The third kappa shape index (κ3) is 4.03. The van der Waals surface area contributed by atoms with Crippen LogP contribution in [0.3, 0.4) is 0 Å². The van der Waals surface area contributed by atoms with Gasteiger partial charge in [-0.05, 0) is 31.0 Å². The number of benzene rings is 1. The summed E-state index contributed by atoms with van der Waals surface area (Å²) in [6.45, 7) is 0. The van der Waals surface area contributed by atoms with E-state index in [1.165, 1.54) is 0 Å². The van der Waals surface area contributed by atoms with Crippen molar-refractivity contribution in [1.29, 1.82) is 5.26 Å². The van der Waals surface area contributed by atoms with Crippen molar-refractivity contribution in [1.82, 2.24) is 0 Å². The number of carbonyl (C=O) groups is 1. The highest BCUT2D eigenvalue weighted by atomic mass is 32.2. The summed E-state index contributed by atoms with van der Waals surface area (Å²) in [5, 5.41) is 17.1. The molecule has 0 saturated heterocycles. The van der Waals surface area contributed by atoms with E-state index in [2.05, 4.69) is 0 Å². The predicted molar refractivity (Wildman–Crippen MR) is 64.9 cm³/mol. The van der Waals surface area contributed by atoms with Crippen LogP contribution in [0.2, 0.25) is 0 Å². The number of carboxylic acids is 1. The Hall–Kier alpha value is -1.94. The van der Waals surface area contributed by atoms with Crippen LogP contribution in [0.4, 0.5) is 4.39 Å². The van der Waals surface area contributed by atoms with Gasteiger partial charge in [0.15, 0.2) is 9.84 Å². The molecule has 0 unspecified atom stereocenters. The molecule has 1 N–H and O–H groups in total. The fourth-order valence-corrected chi connectivity index (χ4v) is 2.87. The average Bonchev–Trinajstić information content (AvgIpc) is 2.34. The van der Waals surface area contributed by atoms with Crippen LogP contribution in [0.1, 0.15) is 29.6 Å². The fourth-order valence-electron chi connectivity index (χ4n) is 1.48. The van der Waals surface area contributed by atoms with Gasteiger partial charge < -0.3 is 5.11 Å². The lowest BCUT2D eigenvalue weighted by Gasteiger charge is -2.05. The maximum atomic E-state index is 13.1. The van der Waals surface area contributed by atoms with Crippen molar-refractivity contribution in [3.05, 3.63) is 29.6 Å². The number of rotatable bonds is 6. The van der Waals surface area contributed by atoms with E-state index in [1.54, 1.807) is 0 Å². The lowest BCUT2D eigenvalue weighted by Crippen LogP contribution is -2.09. The molecule has 0 aliphatic carbocycles. The van der Waals surface area contributed by atoms with E-state index in [1.807, 2.05) is 6.07 Å². The first-order valence-corrected chi connectivity index (χ1v) is 7.16. The van der Waals surface area contributed by atoms with Crippen molar-refractivity contribution >= 4 is 15.8 Å². The van der Waals surface area contributed by atoms with Crippen LogP contribution in [0.25, 0.3) is 0 Å². The van der Waals surface area contributed by atoms with Gasteiger partial charge in [-0.15, -0.1) is 0 Å². The summed E-state index contributed by atoms with van der Waals surface area (Å²) in [6, 6.07) is 4.59. The van der Waals surface area contributed by atoms with E-state index in [0.717, 1.165) is 18.2 Å². The second kappa shape index (κ2) is 6.29. The minimum absolute atomic E-state index is 0.195. The maximum Gasteiger partial charge on any atom is 0.338 e. The third-order valence-electron chi connectivity index (χ3n) is 2.48. The van der Waals surface area contributed by atoms with Gasteiger partial charge in [0.2, 0.25) is 0 Å². The topological polar surface area (TPSA) is 95.2 Å². The SMILES string of the molecule is N#CCCCCS(=O)(=O)c1ccc(F)c(C(=O)O)c1. The van der Waals surface area contributed by atoms with Crippen molar-refractivity contribution in [2.24, 2.45) is 0 Å². The molecule has 0 heterocycles. The molecule has 7 heteroatoms. The molecule has 0 spiro atoms. The zero-order chi connectivity index (χ0) is 14.5. The molecule has 0 fully saturated rings. The van der Waals surface area contributed by atoms with E-state index < -0.39 is 27.2 Å². The Bertz CT molecular complexity index is 619. The summed E-state index contributed by atoms with van der Waals surface area (Å²) in [4.78, 5) is 10.5. The number of halogens is 1. The Morgan fingerprint density at radius 1 is 1.37 bits per heavy atom. The Labute approximate surface area is 110 Å². The molecule has 0 radical (unpaired) electrons. The molecule has 102 valence electrons. The quantitative estimate of drug-likeness (QED) is 0.637. The van der Waals surface area contributed by atoms with Crippen molar-refractivity contribution in [2.75, 3.05) is 5.75 Å². The molecule has 0 aliphatic heterocycles. The van der Waals surface area contributed by atoms with Crippen LogP contribution < -0.4 is 0 Å². The number of unbranched alkanes of at least 4 members (excludes halogenated alkanes) is 2. The van der Waals surface area contributed by atoms with Crippen molar-refractivity contribution in [3.8, 4) is 6.07 Å². The molecule has 0 amide bonds. The van der Waals surface area contributed by atoms with Crippen LogP contribution in [-0.4, -0.2) is 25.2 Å². The smallest absolute Gasteiger partial charge is 0.338 e. The van der Waals surface area contributed by atoms with E-state index in [4.69, 9.17) is 10.4 Å².